The highest BCUT2D eigenvalue weighted by Crippen LogP contribution is 2.36. The van der Waals surface area contributed by atoms with Crippen LogP contribution in [0.4, 0.5) is 0 Å². The van der Waals surface area contributed by atoms with Crippen molar-refractivity contribution in [1.29, 1.82) is 0 Å². The van der Waals surface area contributed by atoms with E-state index in [0.717, 1.165) is 11.8 Å². The fourth-order valence-electron chi connectivity index (χ4n) is 2.22. The molecule has 0 aromatic carbocycles. The molecule has 0 spiro atoms. The maximum atomic E-state index is 3.52. The van der Waals surface area contributed by atoms with E-state index < -0.39 is 0 Å². The summed E-state index contributed by atoms with van der Waals surface area (Å²) >= 11 is 0. The zero-order valence-corrected chi connectivity index (χ0v) is 7.98. The zero-order valence-electron chi connectivity index (χ0n) is 7.98. The monoisotopic (exact) mass is 151 g/mol. The normalized spacial score (nSPS) is 30.6. The molecule has 0 aromatic rings. The smallest absolute Gasteiger partial charge is 0.0169 e. The summed E-state index contributed by atoms with van der Waals surface area (Å²) in [5.41, 5.74) is 1.60. The fraction of sp³-hybridized carbons (Fsp3) is 0.818. The van der Waals surface area contributed by atoms with E-state index in [0.29, 0.717) is 0 Å². The van der Waals surface area contributed by atoms with Gasteiger partial charge in [0.15, 0.2) is 0 Å². The largest absolute Gasteiger partial charge is 0.0651 e. The van der Waals surface area contributed by atoms with Gasteiger partial charge in [-0.1, -0.05) is 32.8 Å². The van der Waals surface area contributed by atoms with Gasteiger partial charge in [0.2, 0.25) is 0 Å². The van der Waals surface area contributed by atoms with E-state index in [9.17, 15) is 0 Å². The molecule has 1 radical (unpaired) electrons. The molecule has 1 aliphatic rings. The molecule has 1 aliphatic carbocycles. The molecule has 0 fully saturated rings. The Morgan fingerprint density at radius 2 is 2.00 bits per heavy atom. The van der Waals surface area contributed by atoms with E-state index >= 15 is 0 Å². The van der Waals surface area contributed by atoms with Crippen LogP contribution in [0.15, 0.2) is 5.57 Å². The Morgan fingerprint density at radius 1 is 1.27 bits per heavy atom. The first-order chi connectivity index (χ1) is 5.33. The summed E-state index contributed by atoms with van der Waals surface area (Å²) in [7, 11) is 0. The van der Waals surface area contributed by atoms with Crippen LogP contribution in [0.2, 0.25) is 0 Å². The van der Waals surface area contributed by atoms with Crippen molar-refractivity contribution in [1.82, 2.24) is 0 Å². The number of rotatable bonds is 3. The Labute approximate surface area is 70.7 Å². The average molecular weight is 151 g/mol. The van der Waals surface area contributed by atoms with Gasteiger partial charge in [-0.2, -0.15) is 0 Å². The molecule has 0 saturated carbocycles. The molecule has 0 bridgehead atoms. The van der Waals surface area contributed by atoms with Crippen molar-refractivity contribution in [3.05, 3.63) is 11.6 Å². The van der Waals surface area contributed by atoms with Crippen LogP contribution in [-0.2, 0) is 0 Å². The molecule has 63 valence electrons. The second kappa shape index (κ2) is 3.94. The summed E-state index contributed by atoms with van der Waals surface area (Å²) in [6, 6.07) is 0. The van der Waals surface area contributed by atoms with E-state index in [1.807, 2.05) is 0 Å². The zero-order chi connectivity index (χ0) is 8.27. The maximum absolute atomic E-state index is 3.52. The van der Waals surface area contributed by atoms with Gasteiger partial charge in [0, 0.05) is 0 Å². The number of allylic oxidation sites excluding steroid dienone is 2. The highest BCUT2D eigenvalue weighted by atomic mass is 14.3. The van der Waals surface area contributed by atoms with E-state index in [1.165, 1.54) is 25.7 Å². The second-order valence-electron chi connectivity index (χ2n) is 3.44. The van der Waals surface area contributed by atoms with Gasteiger partial charge in [-0.25, -0.2) is 0 Å². The van der Waals surface area contributed by atoms with Gasteiger partial charge in [0.1, 0.15) is 0 Å². The van der Waals surface area contributed by atoms with E-state index in [-0.39, 0.29) is 0 Å². The van der Waals surface area contributed by atoms with E-state index in [4.69, 9.17) is 0 Å². The van der Waals surface area contributed by atoms with Gasteiger partial charge in [0.05, 0.1) is 0 Å². The molecule has 0 N–H and O–H groups in total. The predicted octanol–water partition coefficient (Wildman–Crippen LogP) is 3.58. The summed E-state index contributed by atoms with van der Waals surface area (Å²) in [5.74, 6) is 1.78. The molecule has 2 atom stereocenters. The fourth-order valence-corrected chi connectivity index (χ4v) is 2.22. The van der Waals surface area contributed by atoms with Crippen LogP contribution in [0.25, 0.3) is 0 Å². The standard InChI is InChI=1S/C11H19/c1-4-9-7-8-10(5-2)11(9)6-3/h9,11H,4-7H2,1-3H3. The Kier molecular flexibility index (Phi) is 3.16. The summed E-state index contributed by atoms with van der Waals surface area (Å²) < 4.78 is 0. The summed E-state index contributed by atoms with van der Waals surface area (Å²) in [6.07, 6.45) is 8.61. The van der Waals surface area contributed by atoms with Gasteiger partial charge < -0.3 is 0 Å². The lowest BCUT2D eigenvalue weighted by Gasteiger charge is -2.19. The van der Waals surface area contributed by atoms with Crippen LogP contribution >= 0.6 is 0 Å². The van der Waals surface area contributed by atoms with Gasteiger partial charge in [-0.15, -0.1) is 0 Å². The molecule has 0 aliphatic heterocycles. The first kappa shape index (κ1) is 8.83. The lowest BCUT2D eigenvalue weighted by molar-refractivity contribution is 0.383. The lowest BCUT2D eigenvalue weighted by atomic mass is 9.86. The second-order valence-corrected chi connectivity index (χ2v) is 3.44. The molecular weight excluding hydrogens is 132 g/mol. The van der Waals surface area contributed by atoms with Crippen molar-refractivity contribution >= 4 is 0 Å². The Hall–Kier alpha value is -0.260. The molecule has 0 heterocycles. The SMILES string of the molecule is CCC1=[C]CC(CC)C1CC. The van der Waals surface area contributed by atoms with Crippen LogP contribution in [0.5, 0.6) is 0 Å². The molecule has 0 aromatic heterocycles. The molecule has 11 heavy (non-hydrogen) atoms. The van der Waals surface area contributed by atoms with Crippen molar-refractivity contribution < 1.29 is 0 Å². The van der Waals surface area contributed by atoms with Crippen LogP contribution in [0.3, 0.4) is 0 Å². The molecule has 0 amide bonds. The van der Waals surface area contributed by atoms with Crippen LogP contribution in [-0.4, -0.2) is 0 Å². The van der Waals surface area contributed by atoms with Crippen LogP contribution in [0.1, 0.15) is 46.5 Å². The third-order valence-electron chi connectivity index (χ3n) is 2.95. The van der Waals surface area contributed by atoms with Gasteiger partial charge in [0.25, 0.3) is 0 Å². The Bertz CT molecular complexity index is 144. The molecule has 0 heteroatoms. The van der Waals surface area contributed by atoms with E-state index in [2.05, 4.69) is 26.8 Å². The summed E-state index contributed by atoms with van der Waals surface area (Å²) in [5, 5.41) is 0. The van der Waals surface area contributed by atoms with Crippen molar-refractivity contribution in [2.75, 3.05) is 0 Å². The van der Waals surface area contributed by atoms with Crippen molar-refractivity contribution in [3.8, 4) is 0 Å². The first-order valence-corrected chi connectivity index (χ1v) is 4.93. The minimum absolute atomic E-state index is 0.866. The van der Waals surface area contributed by atoms with Crippen molar-refractivity contribution in [2.24, 2.45) is 11.8 Å². The van der Waals surface area contributed by atoms with Crippen molar-refractivity contribution in [2.45, 2.75) is 46.5 Å². The average Bonchev–Trinajstić information content (AvgIpc) is 2.45. The third kappa shape index (κ3) is 1.66. The molecule has 0 nitrogen and oxygen atoms in total. The molecule has 2 unspecified atom stereocenters. The minimum atomic E-state index is 0.866. The quantitative estimate of drug-likeness (QED) is 0.578. The van der Waals surface area contributed by atoms with Gasteiger partial charge >= 0.3 is 0 Å². The topological polar surface area (TPSA) is 0 Å². The summed E-state index contributed by atoms with van der Waals surface area (Å²) in [4.78, 5) is 0. The van der Waals surface area contributed by atoms with Crippen LogP contribution < -0.4 is 0 Å². The Balaban J connectivity index is 2.57. The lowest BCUT2D eigenvalue weighted by Crippen LogP contribution is -2.08. The highest BCUT2D eigenvalue weighted by molar-refractivity contribution is 5.09. The maximum Gasteiger partial charge on any atom is -0.0169 e. The van der Waals surface area contributed by atoms with Gasteiger partial charge in [-0.3, -0.25) is 0 Å². The molecule has 1 rings (SSSR count). The van der Waals surface area contributed by atoms with Crippen molar-refractivity contribution in [3.63, 3.8) is 0 Å². The van der Waals surface area contributed by atoms with Gasteiger partial charge in [-0.05, 0) is 37.2 Å². The highest BCUT2D eigenvalue weighted by Gasteiger charge is 2.25. The summed E-state index contributed by atoms with van der Waals surface area (Å²) in [6.45, 7) is 6.85. The minimum Gasteiger partial charge on any atom is -0.0651 e. The number of hydrogen-bond acceptors (Lipinski definition) is 0. The third-order valence-corrected chi connectivity index (χ3v) is 2.95. The molecular formula is C11H19. The Morgan fingerprint density at radius 3 is 2.45 bits per heavy atom. The predicted molar refractivity (Wildman–Crippen MR) is 49.2 cm³/mol. The molecule has 0 saturated heterocycles. The number of hydrogen-bond donors (Lipinski definition) is 0. The first-order valence-electron chi connectivity index (χ1n) is 4.93. The van der Waals surface area contributed by atoms with E-state index in [1.54, 1.807) is 5.57 Å². The van der Waals surface area contributed by atoms with Crippen LogP contribution in [0, 0.1) is 17.9 Å².